The van der Waals surface area contributed by atoms with E-state index in [0.29, 0.717) is 5.02 Å². The monoisotopic (exact) mass is 380 g/mol. The Morgan fingerprint density at radius 1 is 1.23 bits per heavy atom. The molecule has 130 valence electrons. The normalized spacial score (nSPS) is 14.7. The molecule has 2 aromatic carbocycles. The molecule has 0 radical (unpaired) electrons. The number of nitriles is 1. The van der Waals surface area contributed by atoms with Gasteiger partial charge in [-0.1, -0.05) is 29.8 Å². The molecule has 0 saturated heterocycles. The van der Waals surface area contributed by atoms with Crippen molar-refractivity contribution in [2.45, 2.75) is 25.2 Å². The average Bonchev–Trinajstić information content (AvgIpc) is 3.38. The molecular formula is C21H17ClN2OS. The van der Waals surface area contributed by atoms with Crippen LogP contribution < -0.4 is 4.74 Å². The fraction of sp³-hybridized carbons (Fsp3) is 0.238. The van der Waals surface area contributed by atoms with Crippen LogP contribution in [-0.2, 0) is 5.41 Å². The fourth-order valence-electron chi connectivity index (χ4n) is 3.39. The summed E-state index contributed by atoms with van der Waals surface area (Å²) >= 11 is 8.16. The number of nitrogens with zero attached hydrogens (tertiary/aromatic N) is 2. The lowest BCUT2D eigenvalue weighted by atomic mass is 9.92. The van der Waals surface area contributed by atoms with Crippen molar-refractivity contribution in [1.29, 1.82) is 5.26 Å². The summed E-state index contributed by atoms with van der Waals surface area (Å²) in [5.74, 6) is 0.730. The van der Waals surface area contributed by atoms with Crippen LogP contribution in [0.15, 0.2) is 42.5 Å². The van der Waals surface area contributed by atoms with Gasteiger partial charge in [0.25, 0.3) is 0 Å². The lowest BCUT2D eigenvalue weighted by molar-refractivity contribution is 0.415. The van der Waals surface area contributed by atoms with E-state index >= 15 is 0 Å². The fourth-order valence-corrected chi connectivity index (χ4v) is 4.84. The van der Waals surface area contributed by atoms with Gasteiger partial charge in [-0.25, -0.2) is 4.98 Å². The van der Waals surface area contributed by atoms with Crippen LogP contribution in [0.5, 0.6) is 5.75 Å². The highest BCUT2D eigenvalue weighted by atomic mass is 35.5. The van der Waals surface area contributed by atoms with E-state index in [9.17, 15) is 5.26 Å². The van der Waals surface area contributed by atoms with E-state index in [4.69, 9.17) is 21.3 Å². The van der Waals surface area contributed by atoms with Gasteiger partial charge in [-0.2, -0.15) is 5.26 Å². The summed E-state index contributed by atoms with van der Waals surface area (Å²) in [6.45, 7) is 2.07. The average molecular weight is 381 g/mol. The van der Waals surface area contributed by atoms with Gasteiger partial charge in [0.2, 0.25) is 0 Å². The quantitative estimate of drug-likeness (QED) is 0.580. The number of aryl methyl sites for hydroxylation is 1. The third-order valence-electron chi connectivity index (χ3n) is 4.95. The van der Waals surface area contributed by atoms with Gasteiger partial charge in [-0.15, -0.1) is 11.3 Å². The molecule has 0 atom stereocenters. The van der Waals surface area contributed by atoms with Crippen molar-refractivity contribution in [1.82, 2.24) is 4.98 Å². The molecule has 0 bridgehead atoms. The van der Waals surface area contributed by atoms with Crippen molar-refractivity contribution in [3.8, 4) is 23.1 Å². The Morgan fingerprint density at radius 3 is 2.65 bits per heavy atom. The standard InChI is InChI=1S/C21H17ClN2OS/c1-13-19(16-8-7-15(25-2)11-18(16)22)24-20(26-13)21(9-10-21)17-6-4-3-5-14(17)12-23/h3-8,11H,9-10H2,1-2H3. The number of aromatic nitrogens is 1. The number of thiazole rings is 1. The number of hydrogen-bond acceptors (Lipinski definition) is 4. The Hall–Kier alpha value is -2.35. The van der Waals surface area contributed by atoms with Crippen molar-refractivity contribution in [2.75, 3.05) is 7.11 Å². The van der Waals surface area contributed by atoms with Crippen molar-refractivity contribution in [3.05, 3.63) is 68.5 Å². The molecule has 0 spiro atoms. The van der Waals surface area contributed by atoms with E-state index in [1.807, 2.05) is 36.4 Å². The first kappa shape index (κ1) is 17.1. The molecule has 3 aromatic rings. The van der Waals surface area contributed by atoms with Crippen LogP contribution in [0.3, 0.4) is 0 Å². The summed E-state index contributed by atoms with van der Waals surface area (Å²) in [6, 6.07) is 15.8. The molecule has 26 heavy (non-hydrogen) atoms. The Morgan fingerprint density at radius 2 is 2.00 bits per heavy atom. The second-order valence-corrected chi connectivity index (χ2v) is 8.12. The van der Waals surface area contributed by atoms with Crippen LogP contribution in [-0.4, -0.2) is 12.1 Å². The van der Waals surface area contributed by atoms with Crippen molar-refractivity contribution >= 4 is 22.9 Å². The maximum Gasteiger partial charge on any atom is 0.120 e. The molecule has 0 N–H and O–H groups in total. The molecule has 1 aromatic heterocycles. The second-order valence-electron chi connectivity index (χ2n) is 6.51. The number of halogens is 1. The molecule has 1 heterocycles. The first-order valence-corrected chi connectivity index (χ1v) is 9.60. The number of methoxy groups -OCH3 is 1. The summed E-state index contributed by atoms with van der Waals surface area (Å²) in [5, 5.41) is 11.2. The van der Waals surface area contributed by atoms with Gasteiger partial charge in [0.05, 0.1) is 29.5 Å². The van der Waals surface area contributed by atoms with Crippen LogP contribution in [0.1, 0.15) is 33.9 Å². The Bertz CT molecular complexity index is 1030. The summed E-state index contributed by atoms with van der Waals surface area (Å²) in [4.78, 5) is 6.10. The minimum atomic E-state index is -0.126. The molecule has 5 heteroatoms. The predicted molar refractivity (Wildman–Crippen MR) is 105 cm³/mol. The highest BCUT2D eigenvalue weighted by Crippen LogP contribution is 2.56. The SMILES string of the molecule is COc1ccc(-c2nc(C3(c4ccccc4C#N)CC3)sc2C)c(Cl)c1. The summed E-state index contributed by atoms with van der Waals surface area (Å²) < 4.78 is 5.24. The molecule has 0 amide bonds. The Labute approximate surface area is 161 Å². The largest absolute Gasteiger partial charge is 0.497 e. The van der Waals surface area contributed by atoms with Crippen LogP contribution in [0.2, 0.25) is 5.02 Å². The van der Waals surface area contributed by atoms with E-state index in [0.717, 1.165) is 50.9 Å². The van der Waals surface area contributed by atoms with Gasteiger partial charge in [0.1, 0.15) is 10.8 Å². The topological polar surface area (TPSA) is 45.9 Å². The predicted octanol–water partition coefficient (Wildman–Crippen LogP) is 5.73. The minimum Gasteiger partial charge on any atom is -0.497 e. The third kappa shape index (κ3) is 2.68. The number of rotatable bonds is 4. The first-order valence-electron chi connectivity index (χ1n) is 8.40. The smallest absolute Gasteiger partial charge is 0.120 e. The van der Waals surface area contributed by atoms with Gasteiger partial charge in [0.15, 0.2) is 0 Å². The zero-order chi connectivity index (χ0) is 18.3. The molecule has 4 rings (SSSR count). The van der Waals surface area contributed by atoms with Gasteiger partial charge < -0.3 is 4.74 Å². The zero-order valence-corrected chi connectivity index (χ0v) is 16.1. The number of benzene rings is 2. The Kier molecular flexibility index (Phi) is 4.22. The van der Waals surface area contributed by atoms with Crippen LogP contribution in [0, 0.1) is 18.3 Å². The number of ether oxygens (including phenoxy) is 1. The van der Waals surface area contributed by atoms with Crippen LogP contribution in [0.4, 0.5) is 0 Å². The van der Waals surface area contributed by atoms with Crippen molar-refractivity contribution in [2.24, 2.45) is 0 Å². The van der Waals surface area contributed by atoms with Gasteiger partial charge in [0, 0.05) is 15.9 Å². The molecule has 1 aliphatic carbocycles. The molecule has 0 aliphatic heterocycles. The van der Waals surface area contributed by atoms with E-state index in [2.05, 4.69) is 19.1 Å². The zero-order valence-electron chi connectivity index (χ0n) is 14.5. The lowest BCUT2D eigenvalue weighted by Gasteiger charge is -2.14. The van der Waals surface area contributed by atoms with E-state index in [1.54, 1.807) is 18.4 Å². The highest BCUT2D eigenvalue weighted by Gasteiger charge is 2.50. The molecular weight excluding hydrogens is 364 g/mol. The van der Waals surface area contributed by atoms with E-state index in [1.165, 1.54) is 0 Å². The van der Waals surface area contributed by atoms with Gasteiger partial charge in [-0.05, 0) is 49.6 Å². The molecule has 1 saturated carbocycles. The summed E-state index contributed by atoms with van der Waals surface area (Å²) in [6.07, 6.45) is 2.04. The van der Waals surface area contributed by atoms with Gasteiger partial charge >= 0.3 is 0 Å². The molecule has 1 aliphatic rings. The maximum atomic E-state index is 9.48. The van der Waals surface area contributed by atoms with Gasteiger partial charge in [-0.3, -0.25) is 0 Å². The maximum absolute atomic E-state index is 9.48. The summed E-state index contributed by atoms with van der Waals surface area (Å²) in [7, 11) is 1.63. The highest BCUT2D eigenvalue weighted by molar-refractivity contribution is 7.12. The van der Waals surface area contributed by atoms with Crippen molar-refractivity contribution < 1.29 is 4.74 Å². The summed E-state index contributed by atoms with van der Waals surface area (Å²) in [5.41, 5.74) is 3.53. The third-order valence-corrected chi connectivity index (χ3v) is 6.44. The molecule has 1 fully saturated rings. The van der Waals surface area contributed by atoms with Crippen LogP contribution in [0.25, 0.3) is 11.3 Å². The molecule has 0 unspecified atom stereocenters. The minimum absolute atomic E-state index is 0.126. The van der Waals surface area contributed by atoms with Crippen LogP contribution >= 0.6 is 22.9 Å². The first-order chi connectivity index (χ1) is 12.6. The van der Waals surface area contributed by atoms with E-state index in [-0.39, 0.29) is 5.41 Å². The van der Waals surface area contributed by atoms with Crippen molar-refractivity contribution in [3.63, 3.8) is 0 Å². The van der Waals surface area contributed by atoms with E-state index < -0.39 is 0 Å². The number of hydrogen-bond donors (Lipinski definition) is 0. The molecule has 3 nitrogen and oxygen atoms in total. The Balaban J connectivity index is 1.79. The second kappa shape index (κ2) is 6.42. The lowest BCUT2D eigenvalue weighted by Crippen LogP contribution is -2.10.